The highest BCUT2D eigenvalue weighted by Gasteiger charge is 2.36. The predicted molar refractivity (Wildman–Crippen MR) is 140 cm³/mol. The van der Waals surface area contributed by atoms with Gasteiger partial charge in [0.15, 0.2) is 0 Å². The number of nitrogens with one attached hydrogen (secondary N) is 1. The highest BCUT2D eigenvalue weighted by atomic mass is 16.5. The molecule has 35 heavy (non-hydrogen) atoms. The average molecular weight is 485 g/mol. The molecule has 2 unspecified atom stereocenters. The lowest BCUT2D eigenvalue weighted by atomic mass is 9.73. The van der Waals surface area contributed by atoms with E-state index in [2.05, 4.69) is 36.1 Å². The van der Waals surface area contributed by atoms with Crippen LogP contribution in [0, 0.1) is 6.92 Å². The van der Waals surface area contributed by atoms with Crippen LogP contribution in [0.3, 0.4) is 0 Å². The minimum atomic E-state index is -0.512. The fourth-order valence-corrected chi connectivity index (χ4v) is 4.98. The van der Waals surface area contributed by atoms with E-state index in [1.807, 2.05) is 42.0 Å². The highest BCUT2D eigenvalue weighted by Crippen LogP contribution is 2.45. The van der Waals surface area contributed by atoms with Crippen LogP contribution < -0.4 is 20.7 Å². The van der Waals surface area contributed by atoms with E-state index in [4.69, 9.17) is 10.5 Å². The molecule has 0 saturated carbocycles. The number of amides is 1. The molecule has 9 heteroatoms. The number of piperazine rings is 1. The molecular formula is C26H40N6O3. The number of hydrogen-bond donors (Lipinski definition) is 3. The number of methoxy groups -OCH3 is 1. The first-order valence-corrected chi connectivity index (χ1v) is 12.4. The number of likely N-dealkylation sites (N-methyl/N-ethyl adjacent to an activating group) is 1. The lowest BCUT2D eigenvalue weighted by molar-refractivity contribution is -0.120. The fourth-order valence-electron chi connectivity index (χ4n) is 4.98. The molecule has 0 spiro atoms. The molecule has 192 valence electrons. The average Bonchev–Trinajstić information content (AvgIpc) is 2.82. The second-order valence-electron chi connectivity index (χ2n) is 9.56. The molecule has 0 bridgehead atoms. The largest absolute Gasteiger partial charge is 0.496 e. The maximum Gasteiger partial charge on any atom is 0.241 e. The summed E-state index contributed by atoms with van der Waals surface area (Å²) in [5.41, 5.74) is 9.02. The van der Waals surface area contributed by atoms with Crippen molar-refractivity contribution >= 4 is 23.4 Å². The molecule has 1 fully saturated rings. The van der Waals surface area contributed by atoms with Gasteiger partial charge in [0.1, 0.15) is 11.6 Å². The quantitative estimate of drug-likeness (QED) is 0.471. The van der Waals surface area contributed by atoms with E-state index in [-0.39, 0.29) is 24.5 Å². The highest BCUT2D eigenvalue weighted by molar-refractivity contribution is 5.95. The Morgan fingerprint density at radius 1 is 1.29 bits per heavy atom. The number of aryl methyl sites for hydroxylation is 1. The molecule has 2 aromatic rings. The summed E-state index contributed by atoms with van der Waals surface area (Å²) in [5.74, 6) is 1.60. The number of hydrogen-bond acceptors (Lipinski definition) is 8. The molecule has 2 atom stereocenters. The van der Waals surface area contributed by atoms with Crippen molar-refractivity contribution in [1.29, 1.82) is 0 Å². The summed E-state index contributed by atoms with van der Waals surface area (Å²) in [7, 11) is 3.61. The molecule has 2 heterocycles. The molecule has 1 aromatic heterocycles. The van der Waals surface area contributed by atoms with Gasteiger partial charge in [0.25, 0.3) is 0 Å². The normalized spacial score (nSPS) is 17.2. The first-order chi connectivity index (χ1) is 16.7. The number of ether oxygens (including phenoxy) is 1. The van der Waals surface area contributed by atoms with E-state index in [1.54, 1.807) is 7.11 Å². The second-order valence-corrected chi connectivity index (χ2v) is 9.56. The number of anilines is 3. The summed E-state index contributed by atoms with van der Waals surface area (Å²) in [4.78, 5) is 25.5. The Labute approximate surface area is 208 Å². The number of rotatable bonds is 10. The number of carbonyl (C=O) groups is 1. The number of nitrogens with two attached hydrogens (primary N) is 1. The Kier molecular flexibility index (Phi) is 8.56. The van der Waals surface area contributed by atoms with Gasteiger partial charge in [-0.1, -0.05) is 33.3 Å². The van der Waals surface area contributed by atoms with Crippen molar-refractivity contribution in [3.63, 3.8) is 0 Å². The summed E-state index contributed by atoms with van der Waals surface area (Å²) >= 11 is 0. The fraction of sp³-hybridized carbons (Fsp3) is 0.577. The molecule has 1 aliphatic heterocycles. The molecule has 1 saturated heterocycles. The van der Waals surface area contributed by atoms with Gasteiger partial charge in [0.2, 0.25) is 11.9 Å². The zero-order valence-corrected chi connectivity index (χ0v) is 21.9. The third-order valence-corrected chi connectivity index (χ3v) is 7.07. The summed E-state index contributed by atoms with van der Waals surface area (Å²) in [5, 5.41) is 13.3. The SMILES string of the molecule is CCCC(CO)Nc1nc(N)nc(C)c1C(C)(CC)c1ccc(N2CCN(C)CC2=O)cc1OC. The third kappa shape index (κ3) is 5.51. The minimum Gasteiger partial charge on any atom is -0.496 e. The Morgan fingerprint density at radius 2 is 2.03 bits per heavy atom. The molecule has 1 aliphatic rings. The number of nitrogens with zero attached hydrogens (tertiary/aromatic N) is 4. The van der Waals surface area contributed by atoms with Crippen molar-refractivity contribution < 1.29 is 14.6 Å². The van der Waals surface area contributed by atoms with E-state index < -0.39 is 5.41 Å². The van der Waals surface area contributed by atoms with Gasteiger partial charge in [0, 0.05) is 47.1 Å². The Bertz CT molecular complexity index is 1050. The van der Waals surface area contributed by atoms with Gasteiger partial charge in [-0.05, 0) is 32.9 Å². The van der Waals surface area contributed by atoms with Crippen molar-refractivity contribution in [3.8, 4) is 5.75 Å². The molecule has 0 radical (unpaired) electrons. The first-order valence-electron chi connectivity index (χ1n) is 12.4. The Morgan fingerprint density at radius 3 is 2.63 bits per heavy atom. The summed E-state index contributed by atoms with van der Waals surface area (Å²) in [6.45, 7) is 10.1. The molecular weight excluding hydrogens is 444 g/mol. The Balaban J connectivity index is 2.10. The van der Waals surface area contributed by atoms with Crippen LogP contribution in [0.15, 0.2) is 18.2 Å². The topological polar surface area (TPSA) is 117 Å². The van der Waals surface area contributed by atoms with Crippen molar-refractivity contribution in [2.24, 2.45) is 0 Å². The monoisotopic (exact) mass is 484 g/mol. The van der Waals surface area contributed by atoms with Crippen LogP contribution in [0.5, 0.6) is 5.75 Å². The van der Waals surface area contributed by atoms with Gasteiger partial charge in [-0.3, -0.25) is 9.69 Å². The molecule has 9 nitrogen and oxygen atoms in total. The maximum atomic E-state index is 12.7. The number of benzene rings is 1. The molecule has 1 aromatic carbocycles. The zero-order chi connectivity index (χ0) is 25.8. The lowest BCUT2D eigenvalue weighted by Gasteiger charge is -2.36. The van der Waals surface area contributed by atoms with Gasteiger partial charge in [0.05, 0.1) is 26.3 Å². The number of nitrogen functional groups attached to an aromatic ring is 1. The van der Waals surface area contributed by atoms with Gasteiger partial charge >= 0.3 is 0 Å². The summed E-state index contributed by atoms with van der Waals surface area (Å²) in [6.07, 6.45) is 2.48. The lowest BCUT2D eigenvalue weighted by Crippen LogP contribution is -2.48. The van der Waals surface area contributed by atoms with E-state index >= 15 is 0 Å². The van der Waals surface area contributed by atoms with Gasteiger partial charge in [-0.2, -0.15) is 4.98 Å². The predicted octanol–water partition coefficient (Wildman–Crippen LogP) is 2.94. The van der Waals surface area contributed by atoms with E-state index in [9.17, 15) is 9.90 Å². The van der Waals surface area contributed by atoms with Gasteiger partial charge in [-0.25, -0.2) is 4.98 Å². The van der Waals surface area contributed by atoms with Crippen molar-refractivity contribution in [2.45, 2.75) is 58.4 Å². The van der Waals surface area contributed by atoms with Crippen molar-refractivity contribution in [2.75, 3.05) is 56.3 Å². The van der Waals surface area contributed by atoms with Gasteiger partial charge in [-0.15, -0.1) is 0 Å². The van der Waals surface area contributed by atoms with Crippen molar-refractivity contribution in [3.05, 3.63) is 35.0 Å². The molecule has 0 aliphatic carbocycles. The summed E-state index contributed by atoms with van der Waals surface area (Å²) in [6, 6.07) is 5.84. The van der Waals surface area contributed by atoms with Crippen LogP contribution in [0.2, 0.25) is 0 Å². The Hall–Kier alpha value is -2.91. The van der Waals surface area contributed by atoms with Crippen LogP contribution >= 0.6 is 0 Å². The minimum absolute atomic E-state index is 0.00382. The first kappa shape index (κ1) is 26.7. The van der Waals surface area contributed by atoms with E-state index in [0.29, 0.717) is 24.7 Å². The third-order valence-electron chi connectivity index (χ3n) is 7.07. The maximum absolute atomic E-state index is 12.7. The van der Waals surface area contributed by atoms with Crippen LogP contribution in [0.4, 0.5) is 17.5 Å². The molecule has 1 amide bonds. The number of aromatic nitrogens is 2. The molecule has 3 rings (SSSR count). The van der Waals surface area contributed by atoms with Crippen molar-refractivity contribution in [1.82, 2.24) is 14.9 Å². The number of aliphatic hydroxyl groups excluding tert-OH is 1. The standard InChI is InChI=1S/C26H40N6O3/c1-7-9-18(16-33)29-24-23(17(3)28-25(27)30-24)26(4,8-2)20-11-10-19(14-21(20)35-6)32-13-12-31(5)15-22(32)34/h10-11,14,18,33H,7-9,12-13,15-16H2,1-6H3,(H3,27,28,29,30). The van der Waals surface area contributed by atoms with Crippen LogP contribution in [-0.2, 0) is 10.2 Å². The zero-order valence-electron chi connectivity index (χ0n) is 21.9. The van der Waals surface area contributed by atoms with Crippen LogP contribution in [0.25, 0.3) is 0 Å². The van der Waals surface area contributed by atoms with E-state index in [1.165, 1.54) is 0 Å². The van der Waals surface area contributed by atoms with Crippen LogP contribution in [0.1, 0.15) is 56.9 Å². The summed E-state index contributed by atoms with van der Waals surface area (Å²) < 4.78 is 5.87. The second kappa shape index (κ2) is 11.2. The number of aliphatic hydroxyl groups is 1. The van der Waals surface area contributed by atoms with Crippen LogP contribution in [-0.4, -0.2) is 72.3 Å². The van der Waals surface area contributed by atoms with E-state index in [0.717, 1.165) is 48.3 Å². The molecule has 4 N–H and O–H groups in total. The van der Waals surface area contributed by atoms with Gasteiger partial charge < -0.3 is 25.8 Å². The smallest absolute Gasteiger partial charge is 0.241 e. The number of carbonyl (C=O) groups excluding carboxylic acids is 1.